The van der Waals surface area contributed by atoms with Crippen LogP contribution in [0.5, 0.6) is 0 Å². The SMILES string of the molecule is CC1CCC(O)C(O)C1.COC1OC(C)C(O)C(O)C1O.OCC1NCC(O)C(O)C1O. The molecule has 0 aromatic rings. The minimum absolute atomic E-state index is 0.198. The zero-order valence-electron chi connectivity index (χ0n) is 18.8. The molecule has 3 rings (SSSR count). The molecule has 1 aliphatic carbocycles. The van der Waals surface area contributed by atoms with Gasteiger partial charge in [0.2, 0.25) is 0 Å². The fraction of sp³-hybridized carbons (Fsp3) is 1.00. The maximum absolute atomic E-state index is 9.27. The molecule has 2 saturated heterocycles. The molecular formula is C20H41NO11. The number of aliphatic hydroxyl groups is 9. The molecule has 0 radical (unpaired) electrons. The van der Waals surface area contributed by atoms with E-state index in [2.05, 4.69) is 12.2 Å². The minimum atomic E-state index is -1.21. The van der Waals surface area contributed by atoms with Crippen molar-refractivity contribution in [2.75, 3.05) is 20.3 Å². The van der Waals surface area contributed by atoms with Gasteiger partial charge in [0.25, 0.3) is 0 Å². The maximum atomic E-state index is 9.27. The monoisotopic (exact) mass is 471 g/mol. The molecule has 3 fully saturated rings. The molecule has 0 spiro atoms. The van der Waals surface area contributed by atoms with E-state index >= 15 is 0 Å². The Bertz CT molecular complexity index is 509. The Labute approximate surface area is 188 Å². The normalized spacial score (nSPS) is 46.9. The highest BCUT2D eigenvalue weighted by molar-refractivity contribution is 4.91. The smallest absolute Gasteiger partial charge is 0.186 e. The third-order valence-corrected chi connectivity index (χ3v) is 6.03. The third kappa shape index (κ3) is 8.38. The Morgan fingerprint density at radius 3 is 1.91 bits per heavy atom. The zero-order valence-corrected chi connectivity index (χ0v) is 18.8. The molecule has 2 aliphatic heterocycles. The average Bonchev–Trinajstić information content (AvgIpc) is 2.77. The zero-order chi connectivity index (χ0) is 24.6. The van der Waals surface area contributed by atoms with E-state index in [4.69, 9.17) is 35.0 Å². The number of rotatable bonds is 2. The molecule has 32 heavy (non-hydrogen) atoms. The largest absolute Gasteiger partial charge is 0.395 e. The van der Waals surface area contributed by atoms with Crippen molar-refractivity contribution in [2.45, 2.75) is 100 Å². The van der Waals surface area contributed by atoms with Crippen LogP contribution in [-0.2, 0) is 9.47 Å². The van der Waals surface area contributed by atoms with Gasteiger partial charge in [0.1, 0.15) is 24.4 Å². The highest BCUT2D eigenvalue weighted by Gasteiger charge is 2.41. The van der Waals surface area contributed by atoms with Crippen LogP contribution in [0.2, 0.25) is 0 Å². The van der Waals surface area contributed by atoms with Gasteiger partial charge >= 0.3 is 0 Å². The fourth-order valence-corrected chi connectivity index (χ4v) is 3.69. The summed E-state index contributed by atoms with van der Waals surface area (Å²) in [6.07, 6.45) is -6.40. The average molecular weight is 472 g/mol. The molecule has 1 saturated carbocycles. The Morgan fingerprint density at radius 2 is 1.41 bits per heavy atom. The van der Waals surface area contributed by atoms with E-state index in [1.54, 1.807) is 6.92 Å². The summed E-state index contributed by atoms with van der Waals surface area (Å²) in [5.41, 5.74) is 0. The Balaban J connectivity index is 0.000000242. The Hall–Kier alpha value is -0.480. The number of piperidine rings is 1. The van der Waals surface area contributed by atoms with Crippen LogP contribution in [-0.4, -0.2) is 133 Å². The summed E-state index contributed by atoms with van der Waals surface area (Å²) in [5.74, 6) is 0.586. The predicted octanol–water partition coefficient (Wildman–Crippen LogP) is -3.98. The molecule has 3 aliphatic rings. The standard InChI is InChI=1S/C7H14O5.C7H14O2.C6H13NO4/c1-3-4(8)5(9)6(10)7(11-2)12-3;1-5-2-3-6(8)7(9)4-5;8-2-3-5(10)6(11)4(9)1-7-3/h3-10H,1-2H3;5-9H,2-4H2,1H3;3-11H,1-2H2. The van der Waals surface area contributed by atoms with E-state index in [-0.39, 0.29) is 13.2 Å². The summed E-state index contributed by atoms with van der Waals surface area (Å²) >= 11 is 0. The van der Waals surface area contributed by atoms with Crippen molar-refractivity contribution < 1.29 is 55.4 Å². The van der Waals surface area contributed by atoms with Crippen LogP contribution in [0.1, 0.15) is 33.1 Å². The lowest BCUT2D eigenvalue weighted by molar-refractivity contribution is -0.286. The number of methoxy groups -OCH3 is 1. The van der Waals surface area contributed by atoms with Crippen molar-refractivity contribution in [3.63, 3.8) is 0 Å². The van der Waals surface area contributed by atoms with Crippen molar-refractivity contribution in [3.8, 4) is 0 Å². The van der Waals surface area contributed by atoms with E-state index in [1.807, 2.05) is 0 Å². The van der Waals surface area contributed by atoms with Gasteiger partial charge in [0, 0.05) is 13.7 Å². The fourth-order valence-electron chi connectivity index (χ4n) is 3.69. The van der Waals surface area contributed by atoms with Crippen molar-refractivity contribution in [1.29, 1.82) is 0 Å². The van der Waals surface area contributed by atoms with Gasteiger partial charge in [-0.1, -0.05) is 6.92 Å². The van der Waals surface area contributed by atoms with Crippen LogP contribution in [0.4, 0.5) is 0 Å². The summed E-state index contributed by atoms with van der Waals surface area (Å²) in [4.78, 5) is 0. The third-order valence-electron chi connectivity index (χ3n) is 6.03. The quantitative estimate of drug-likeness (QED) is 0.187. The highest BCUT2D eigenvalue weighted by Crippen LogP contribution is 2.23. The molecular weight excluding hydrogens is 430 g/mol. The second kappa shape index (κ2) is 14.0. The summed E-state index contributed by atoms with van der Waals surface area (Å²) in [6, 6.07) is -0.534. The lowest BCUT2D eigenvalue weighted by Crippen LogP contribution is -2.60. The number of aliphatic hydroxyl groups excluding tert-OH is 9. The van der Waals surface area contributed by atoms with Gasteiger partial charge in [0.15, 0.2) is 6.29 Å². The molecule has 12 heteroatoms. The van der Waals surface area contributed by atoms with Gasteiger partial charge in [-0.3, -0.25) is 0 Å². The molecule has 12 nitrogen and oxygen atoms in total. The lowest BCUT2D eigenvalue weighted by Gasteiger charge is -2.38. The van der Waals surface area contributed by atoms with Crippen molar-refractivity contribution in [3.05, 3.63) is 0 Å². The first-order valence-corrected chi connectivity index (χ1v) is 10.9. The highest BCUT2D eigenvalue weighted by atomic mass is 16.7. The summed E-state index contributed by atoms with van der Waals surface area (Å²) in [5, 5.41) is 84.5. The number of hydrogen-bond donors (Lipinski definition) is 10. The maximum Gasteiger partial charge on any atom is 0.186 e. The topological polar surface area (TPSA) is 213 Å². The van der Waals surface area contributed by atoms with Crippen molar-refractivity contribution in [2.24, 2.45) is 5.92 Å². The van der Waals surface area contributed by atoms with Gasteiger partial charge in [-0.05, 0) is 32.1 Å². The van der Waals surface area contributed by atoms with Crippen LogP contribution in [0, 0.1) is 5.92 Å². The molecule has 0 aromatic carbocycles. The molecule has 10 N–H and O–H groups in total. The summed E-state index contributed by atoms with van der Waals surface area (Å²) < 4.78 is 9.80. The van der Waals surface area contributed by atoms with Gasteiger partial charge in [-0.25, -0.2) is 0 Å². The summed E-state index contributed by atoms with van der Waals surface area (Å²) in [7, 11) is 1.37. The molecule has 12 atom stereocenters. The van der Waals surface area contributed by atoms with Gasteiger partial charge in [-0.15, -0.1) is 0 Å². The second-order valence-corrected chi connectivity index (χ2v) is 8.72. The number of ether oxygens (including phenoxy) is 2. The molecule has 0 amide bonds. The Kier molecular flexibility index (Phi) is 13.0. The van der Waals surface area contributed by atoms with Crippen LogP contribution in [0.25, 0.3) is 0 Å². The van der Waals surface area contributed by atoms with Crippen LogP contribution >= 0.6 is 0 Å². The van der Waals surface area contributed by atoms with E-state index in [1.165, 1.54) is 7.11 Å². The first-order chi connectivity index (χ1) is 14.9. The molecule has 192 valence electrons. The first-order valence-electron chi connectivity index (χ1n) is 10.9. The molecule has 0 bridgehead atoms. The van der Waals surface area contributed by atoms with Crippen LogP contribution < -0.4 is 5.32 Å². The van der Waals surface area contributed by atoms with E-state index in [0.29, 0.717) is 5.92 Å². The Morgan fingerprint density at radius 1 is 0.781 bits per heavy atom. The van der Waals surface area contributed by atoms with Crippen molar-refractivity contribution in [1.82, 2.24) is 5.32 Å². The second-order valence-electron chi connectivity index (χ2n) is 8.72. The number of nitrogens with one attached hydrogen (secondary N) is 1. The summed E-state index contributed by atoms with van der Waals surface area (Å²) in [6.45, 7) is 3.66. The van der Waals surface area contributed by atoms with Crippen LogP contribution in [0.3, 0.4) is 0 Å². The minimum Gasteiger partial charge on any atom is -0.395 e. The lowest BCUT2D eigenvalue weighted by atomic mass is 9.87. The number of β-amino-alcohol motifs (C(OH)–C–C–N with tert-alkyl or cyclic N) is 1. The number of hydrogen-bond acceptors (Lipinski definition) is 12. The molecule has 12 unspecified atom stereocenters. The van der Waals surface area contributed by atoms with Gasteiger partial charge in [0.05, 0.1) is 43.2 Å². The predicted molar refractivity (Wildman–Crippen MR) is 111 cm³/mol. The van der Waals surface area contributed by atoms with Crippen LogP contribution in [0.15, 0.2) is 0 Å². The molecule has 0 aromatic heterocycles. The van der Waals surface area contributed by atoms with Crippen molar-refractivity contribution >= 4 is 0 Å². The van der Waals surface area contributed by atoms with E-state index in [0.717, 1.165) is 19.3 Å². The van der Waals surface area contributed by atoms with Gasteiger partial charge < -0.3 is 60.7 Å². The van der Waals surface area contributed by atoms with Gasteiger partial charge in [-0.2, -0.15) is 0 Å². The first kappa shape index (κ1) is 29.6. The van der Waals surface area contributed by atoms with E-state index < -0.39 is 67.3 Å². The van der Waals surface area contributed by atoms with E-state index in [9.17, 15) is 20.4 Å². The molecule has 2 heterocycles.